The van der Waals surface area contributed by atoms with E-state index in [4.69, 9.17) is 5.11 Å². The Morgan fingerprint density at radius 2 is 1.36 bits per heavy atom. The van der Waals surface area contributed by atoms with Crippen LogP contribution < -0.4 is 37.2 Å². The van der Waals surface area contributed by atoms with Crippen LogP contribution in [0.5, 0.6) is 0 Å². The summed E-state index contributed by atoms with van der Waals surface area (Å²) >= 11 is 0. The molecule has 2 saturated heterocycles. The number of carbonyl (C=O) groups is 2. The summed E-state index contributed by atoms with van der Waals surface area (Å²) in [6, 6.07) is 0. The second-order valence-electron chi connectivity index (χ2n) is 8.00. The number of hydrogen-bond acceptors (Lipinski definition) is 8. The number of nitrogens with one attached hydrogen (secondary N) is 7. The maximum Gasteiger partial charge on any atom is 0.303 e. The second-order valence-corrected chi connectivity index (χ2v) is 8.00. The van der Waals surface area contributed by atoms with Crippen LogP contribution in [0.25, 0.3) is 0 Å². The Labute approximate surface area is 167 Å². The molecule has 2 bridgehead atoms. The fraction of sp³-hybridized carbons (Fsp3) is 0.889. The van der Waals surface area contributed by atoms with Gasteiger partial charge in [0.15, 0.2) is 0 Å². The molecule has 2 aliphatic rings. The molecule has 10 heteroatoms. The molecule has 162 valence electrons. The van der Waals surface area contributed by atoms with E-state index in [1.165, 1.54) is 0 Å². The van der Waals surface area contributed by atoms with Crippen molar-refractivity contribution in [1.82, 2.24) is 37.2 Å². The third-order valence-corrected chi connectivity index (χ3v) is 5.15. The Kier molecular flexibility index (Phi) is 9.56. The van der Waals surface area contributed by atoms with Crippen molar-refractivity contribution in [2.75, 3.05) is 65.4 Å². The van der Waals surface area contributed by atoms with E-state index in [1.54, 1.807) is 0 Å². The molecule has 0 aliphatic carbocycles. The largest absolute Gasteiger partial charge is 0.481 e. The SMILES string of the molecule is C[C@]12CNCCNC[C@](NC(=O)CCCC(=O)O)(CNCCNC1)NCCN2. The van der Waals surface area contributed by atoms with Crippen molar-refractivity contribution >= 4 is 11.9 Å². The molecule has 28 heavy (non-hydrogen) atoms. The van der Waals surface area contributed by atoms with E-state index in [0.717, 1.165) is 45.8 Å². The van der Waals surface area contributed by atoms with Gasteiger partial charge in [-0.1, -0.05) is 0 Å². The number of aliphatic carboxylic acids is 1. The monoisotopic (exact) mass is 399 g/mol. The van der Waals surface area contributed by atoms with E-state index in [-0.39, 0.29) is 24.3 Å². The van der Waals surface area contributed by atoms with Crippen LogP contribution in [-0.2, 0) is 9.59 Å². The first-order chi connectivity index (χ1) is 13.4. The van der Waals surface area contributed by atoms with Gasteiger partial charge in [0.05, 0.1) is 0 Å². The average molecular weight is 400 g/mol. The van der Waals surface area contributed by atoms with E-state index in [1.807, 2.05) is 0 Å². The molecule has 10 nitrogen and oxygen atoms in total. The average Bonchev–Trinajstić information content (AvgIpc) is 2.62. The molecule has 8 N–H and O–H groups in total. The van der Waals surface area contributed by atoms with Crippen molar-refractivity contribution in [2.24, 2.45) is 0 Å². The Morgan fingerprint density at radius 3 is 1.93 bits per heavy atom. The van der Waals surface area contributed by atoms with Crippen molar-refractivity contribution in [3.63, 3.8) is 0 Å². The van der Waals surface area contributed by atoms with Crippen LogP contribution in [0.15, 0.2) is 0 Å². The summed E-state index contributed by atoms with van der Waals surface area (Å²) in [5.41, 5.74) is -0.681. The topological polar surface area (TPSA) is 139 Å². The summed E-state index contributed by atoms with van der Waals surface area (Å²) in [7, 11) is 0. The highest BCUT2D eigenvalue weighted by atomic mass is 16.4. The number of carboxylic acids is 1. The van der Waals surface area contributed by atoms with Gasteiger partial charge in [-0.2, -0.15) is 0 Å². The summed E-state index contributed by atoms with van der Waals surface area (Å²) in [5.74, 6) is -1.01. The van der Waals surface area contributed by atoms with E-state index in [9.17, 15) is 9.59 Å². The molecule has 2 fully saturated rings. The van der Waals surface area contributed by atoms with E-state index < -0.39 is 11.6 Å². The van der Waals surface area contributed by atoms with Crippen molar-refractivity contribution in [1.29, 1.82) is 0 Å². The summed E-state index contributed by atoms with van der Waals surface area (Å²) in [6.07, 6.45) is 0.547. The predicted octanol–water partition coefficient (Wildman–Crippen LogP) is -2.62. The minimum atomic E-state index is -0.876. The quantitative estimate of drug-likeness (QED) is 0.250. The van der Waals surface area contributed by atoms with Crippen LogP contribution in [-0.4, -0.2) is 93.6 Å². The van der Waals surface area contributed by atoms with Crippen LogP contribution in [0.4, 0.5) is 0 Å². The Hall–Kier alpha value is -1.30. The number of carbonyl (C=O) groups excluding carboxylic acids is 1. The molecule has 0 unspecified atom stereocenters. The maximum absolute atomic E-state index is 12.5. The third kappa shape index (κ3) is 8.38. The van der Waals surface area contributed by atoms with E-state index in [0.29, 0.717) is 26.1 Å². The zero-order valence-electron chi connectivity index (χ0n) is 17.0. The van der Waals surface area contributed by atoms with Gasteiger partial charge in [-0.25, -0.2) is 0 Å². The van der Waals surface area contributed by atoms with E-state index >= 15 is 0 Å². The van der Waals surface area contributed by atoms with Gasteiger partial charge in [-0.15, -0.1) is 0 Å². The summed E-state index contributed by atoms with van der Waals surface area (Å²) in [4.78, 5) is 23.2. The normalized spacial score (nSPS) is 30.6. The minimum absolute atomic E-state index is 0.00416. The maximum atomic E-state index is 12.5. The molecule has 2 heterocycles. The first kappa shape index (κ1) is 23.0. The highest BCUT2D eigenvalue weighted by molar-refractivity contribution is 5.77. The third-order valence-electron chi connectivity index (χ3n) is 5.15. The molecule has 0 aromatic heterocycles. The van der Waals surface area contributed by atoms with Crippen molar-refractivity contribution in [3.05, 3.63) is 0 Å². The van der Waals surface area contributed by atoms with E-state index in [2.05, 4.69) is 44.1 Å². The summed E-state index contributed by atoms with van der Waals surface area (Å²) in [6.45, 7) is 9.87. The van der Waals surface area contributed by atoms with Gasteiger partial charge < -0.3 is 37.0 Å². The molecule has 0 spiro atoms. The number of carboxylic acid groups (broad SMARTS) is 1. The molecule has 0 aromatic rings. The fourth-order valence-corrected chi connectivity index (χ4v) is 3.59. The lowest BCUT2D eigenvalue weighted by atomic mass is 10.0. The molecular formula is C18H37N7O3. The molecule has 2 aliphatic heterocycles. The number of hydrogen-bond donors (Lipinski definition) is 8. The molecule has 2 rings (SSSR count). The van der Waals surface area contributed by atoms with Crippen LogP contribution in [0, 0.1) is 0 Å². The Morgan fingerprint density at radius 1 is 0.821 bits per heavy atom. The first-order valence-corrected chi connectivity index (χ1v) is 10.3. The summed E-state index contributed by atoms with van der Waals surface area (Å²) < 4.78 is 0. The van der Waals surface area contributed by atoms with Crippen LogP contribution in [0.1, 0.15) is 26.2 Å². The second kappa shape index (κ2) is 11.6. The lowest BCUT2D eigenvalue weighted by Gasteiger charge is -2.39. The van der Waals surface area contributed by atoms with Gasteiger partial charge in [0, 0.05) is 83.8 Å². The van der Waals surface area contributed by atoms with Gasteiger partial charge in [0.25, 0.3) is 0 Å². The minimum Gasteiger partial charge on any atom is -0.481 e. The standard InChI is InChI=1S/C18H37N7O3/c1-17-11-19-5-7-21-13-18(24-10-9-23-17,14-22-8-6-20-12-17)25-15(26)3-2-4-16(27)28/h19-24H,2-14H2,1H3,(H,25,26)(H,27,28)/t17-,18-. The molecule has 1 amide bonds. The highest BCUT2D eigenvalue weighted by Crippen LogP contribution is 2.05. The van der Waals surface area contributed by atoms with Crippen molar-refractivity contribution in [3.8, 4) is 0 Å². The Balaban J connectivity index is 2.06. The Bertz CT molecular complexity index is 488. The molecule has 0 atom stereocenters. The first-order valence-electron chi connectivity index (χ1n) is 10.3. The highest BCUT2D eigenvalue weighted by Gasteiger charge is 2.32. The lowest BCUT2D eigenvalue weighted by molar-refractivity contribution is -0.137. The molecule has 0 saturated carbocycles. The molecular weight excluding hydrogens is 362 g/mol. The van der Waals surface area contributed by atoms with Crippen LogP contribution in [0.3, 0.4) is 0 Å². The number of rotatable bonds is 5. The molecule has 0 radical (unpaired) electrons. The van der Waals surface area contributed by atoms with Crippen LogP contribution in [0.2, 0.25) is 0 Å². The van der Waals surface area contributed by atoms with Crippen molar-refractivity contribution < 1.29 is 14.7 Å². The van der Waals surface area contributed by atoms with Gasteiger partial charge in [0.1, 0.15) is 5.66 Å². The van der Waals surface area contributed by atoms with Crippen LogP contribution >= 0.6 is 0 Å². The van der Waals surface area contributed by atoms with Gasteiger partial charge >= 0.3 is 5.97 Å². The lowest BCUT2D eigenvalue weighted by Crippen LogP contribution is -2.70. The van der Waals surface area contributed by atoms with Gasteiger partial charge in [0.2, 0.25) is 5.91 Å². The fourth-order valence-electron chi connectivity index (χ4n) is 3.59. The zero-order chi connectivity index (χ0) is 20.3. The number of fused-ring (bicyclic) bond motifs is 5. The smallest absolute Gasteiger partial charge is 0.303 e. The predicted molar refractivity (Wildman–Crippen MR) is 108 cm³/mol. The van der Waals surface area contributed by atoms with Gasteiger partial charge in [-0.05, 0) is 13.3 Å². The van der Waals surface area contributed by atoms with Crippen molar-refractivity contribution in [2.45, 2.75) is 37.4 Å². The molecule has 0 aromatic carbocycles. The summed E-state index contributed by atoms with van der Waals surface area (Å²) in [5, 5.41) is 32.9. The number of amides is 1. The zero-order valence-corrected chi connectivity index (χ0v) is 17.0. The van der Waals surface area contributed by atoms with Gasteiger partial charge in [-0.3, -0.25) is 14.9 Å².